The molecule has 4 heteroatoms. The molecule has 0 bridgehead atoms. The van der Waals surface area contributed by atoms with E-state index in [1.54, 1.807) is 0 Å². The minimum absolute atomic E-state index is 0.228. The van der Waals surface area contributed by atoms with E-state index in [0.717, 1.165) is 0 Å². The first-order valence-electron chi connectivity index (χ1n) is 5.99. The first-order chi connectivity index (χ1) is 7.54. The molecule has 1 aliphatic rings. The van der Waals surface area contributed by atoms with Crippen LogP contribution < -0.4 is 11.3 Å². The average Bonchev–Trinajstić information content (AvgIpc) is 2.76. The lowest BCUT2D eigenvalue weighted by Gasteiger charge is -2.33. The molecule has 90 valence electrons. The van der Waals surface area contributed by atoms with E-state index in [9.17, 15) is 0 Å². The maximum atomic E-state index is 5.73. The normalized spacial score (nSPS) is 25.9. The number of hydrogen-bond acceptors (Lipinski definition) is 3. The standard InChI is InChI=1S/C12H22N4/c1-12(2)6-4-5-10(12)11(15-13)9-7-14-16(3)8-9/h7-8,10-11,15H,4-6,13H2,1-3H3. The summed E-state index contributed by atoms with van der Waals surface area (Å²) in [6, 6.07) is 0.228. The lowest BCUT2D eigenvalue weighted by molar-refractivity contribution is 0.198. The lowest BCUT2D eigenvalue weighted by atomic mass is 9.76. The van der Waals surface area contributed by atoms with E-state index in [-0.39, 0.29) is 6.04 Å². The highest BCUT2D eigenvalue weighted by Crippen LogP contribution is 2.48. The SMILES string of the molecule is Cn1cc(C(NN)C2CCCC2(C)C)cn1. The second-order valence-corrected chi connectivity index (χ2v) is 5.58. The highest BCUT2D eigenvalue weighted by atomic mass is 15.3. The van der Waals surface area contributed by atoms with Gasteiger partial charge in [0.05, 0.1) is 12.2 Å². The summed E-state index contributed by atoms with van der Waals surface area (Å²) < 4.78 is 1.83. The number of rotatable bonds is 3. The molecular formula is C12H22N4. The summed E-state index contributed by atoms with van der Waals surface area (Å²) in [5.41, 5.74) is 4.54. The molecule has 0 amide bonds. The maximum Gasteiger partial charge on any atom is 0.0538 e. The molecule has 0 spiro atoms. The quantitative estimate of drug-likeness (QED) is 0.605. The van der Waals surface area contributed by atoms with Gasteiger partial charge in [-0.25, -0.2) is 0 Å². The van der Waals surface area contributed by atoms with Crippen LogP contribution in [0.3, 0.4) is 0 Å². The maximum absolute atomic E-state index is 5.73. The van der Waals surface area contributed by atoms with Gasteiger partial charge in [0.15, 0.2) is 0 Å². The van der Waals surface area contributed by atoms with Crippen LogP contribution in [-0.4, -0.2) is 9.78 Å². The molecule has 0 saturated heterocycles. The highest BCUT2D eigenvalue weighted by Gasteiger charge is 2.40. The zero-order valence-corrected chi connectivity index (χ0v) is 10.4. The Morgan fingerprint density at radius 1 is 1.62 bits per heavy atom. The summed E-state index contributed by atoms with van der Waals surface area (Å²) in [5.74, 6) is 6.33. The average molecular weight is 222 g/mol. The van der Waals surface area contributed by atoms with Crippen LogP contribution in [0.4, 0.5) is 0 Å². The van der Waals surface area contributed by atoms with E-state index in [4.69, 9.17) is 5.84 Å². The van der Waals surface area contributed by atoms with E-state index in [1.807, 2.05) is 17.9 Å². The van der Waals surface area contributed by atoms with Gasteiger partial charge in [0.2, 0.25) is 0 Å². The zero-order chi connectivity index (χ0) is 11.8. The van der Waals surface area contributed by atoms with Gasteiger partial charge in [-0.15, -0.1) is 0 Å². The number of hydrogen-bond donors (Lipinski definition) is 2. The lowest BCUT2D eigenvalue weighted by Crippen LogP contribution is -2.37. The largest absolute Gasteiger partial charge is 0.275 e. The predicted octanol–water partition coefficient (Wildman–Crippen LogP) is 1.75. The molecule has 1 saturated carbocycles. The molecule has 4 nitrogen and oxygen atoms in total. The van der Waals surface area contributed by atoms with E-state index < -0.39 is 0 Å². The summed E-state index contributed by atoms with van der Waals surface area (Å²) in [6.45, 7) is 4.68. The third kappa shape index (κ3) is 1.99. The number of aromatic nitrogens is 2. The van der Waals surface area contributed by atoms with Crippen molar-refractivity contribution in [2.75, 3.05) is 0 Å². The highest BCUT2D eigenvalue weighted by molar-refractivity contribution is 5.13. The fraction of sp³-hybridized carbons (Fsp3) is 0.750. The molecule has 0 radical (unpaired) electrons. The van der Waals surface area contributed by atoms with Crippen LogP contribution in [0.5, 0.6) is 0 Å². The fourth-order valence-electron chi connectivity index (χ4n) is 3.02. The minimum Gasteiger partial charge on any atom is -0.275 e. The summed E-state index contributed by atoms with van der Waals surface area (Å²) >= 11 is 0. The van der Waals surface area contributed by atoms with Crippen LogP contribution in [0.15, 0.2) is 12.4 Å². The molecule has 2 unspecified atom stereocenters. The van der Waals surface area contributed by atoms with Crippen molar-refractivity contribution < 1.29 is 0 Å². The first-order valence-corrected chi connectivity index (χ1v) is 5.99. The molecular weight excluding hydrogens is 200 g/mol. The smallest absolute Gasteiger partial charge is 0.0538 e. The second-order valence-electron chi connectivity index (χ2n) is 5.58. The van der Waals surface area contributed by atoms with Crippen molar-refractivity contribution in [3.05, 3.63) is 18.0 Å². The van der Waals surface area contributed by atoms with Crippen LogP contribution in [-0.2, 0) is 7.05 Å². The summed E-state index contributed by atoms with van der Waals surface area (Å²) in [5, 5.41) is 4.23. The third-order valence-electron chi connectivity index (χ3n) is 4.01. The van der Waals surface area contributed by atoms with Gasteiger partial charge in [-0.2, -0.15) is 5.10 Å². The van der Waals surface area contributed by atoms with Gasteiger partial charge in [0.1, 0.15) is 0 Å². The van der Waals surface area contributed by atoms with Gasteiger partial charge in [-0.05, 0) is 24.2 Å². The Bertz CT molecular complexity index is 356. The van der Waals surface area contributed by atoms with Crippen LogP contribution in [0.25, 0.3) is 0 Å². The Balaban J connectivity index is 2.23. The molecule has 3 N–H and O–H groups in total. The van der Waals surface area contributed by atoms with Crippen LogP contribution in [0, 0.1) is 11.3 Å². The van der Waals surface area contributed by atoms with Crippen molar-refractivity contribution in [1.29, 1.82) is 0 Å². The first kappa shape index (κ1) is 11.6. The fourth-order valence-corrected chi connectivity index (χ4v) is 3.02. The molecule has 1 aromatic rings. The number of nitrogens with two attached hydrogens (primary N) is 1. The number of nitrogens with one attached hydrogen (secondary N) is 1. The summed E-state index contributed by atoms with van der Waals surface area (Å²) in [6.07, 6.45) is 7.81. The molecule has 0 aliphatic heterocycles. The Kier molecular flexibility index (Phi) is 3.04. The molecule has 2 atom stereocenters. The Morgan fingerprint density at radius 3 is 2.81 bits per heavy atom. The van der Waals surface area contributed by atoms with E-state index >= 15 is 0 Å². The topological polar surface area (TPSA) is 55.9 Å². The predicted molar refractivity (Wildman–Crippen MR) is 64.4 cm³/mol. The molecule has 1 heterocycles. The van der Waals surface area contributed by atoms with Gasteiger partial charge in [0, 0.05) is 18.8 Å². The molecule has 1 aromatic heterocycles. The number of aryl methyl sites for hydroxylation is 1. The van der Waals surface area contributed by atoms with Gasteiger partial charge in [0.25, 0.3) is 0 Å². The number of hydrazine groups is 1. The number of nitrogens with zero attached hydrogens (tertiary/aromatic N) is 2. The monoisotopic (exact) mass is 222 g/mol. The zero-order valence-electron chi connectivity index (χ0n) is 10.4. The Labute approximate surface area is 97.2 Å². The summed E-state index contributed by atoms with van der Waals surface area (Å²) in [4.78, 5) is 0. The van der Waals surface area contributed by atoms with Gasteiger partial charge < -0.3 is 0 Å². The molecule has 0 aromatic carbocycles. The molecule has 1 fully saturated rings. The minimum atomic E-state index is 0.228. The van der Waals surface area contributed by atoms with Crippen molar-refractivity contribution in [3.63, 3.8) is 0 Å². The van der Waals surface area contributed by atoms with Crippen molar-refractivity contribution in [2.24, 2.45) is 24.2 Å². The molecule has 2 rings (SSSR count). The molecule has 16 heavy (non-hydrogen) atoms. The van der Waals surface area contributed by atoms with Crippen LogP contribution in [0.2, 0.25) is 0 Å². The van der Waals surface area contributed by atoms with Gasteiger partial charge >= 0.3 is 0 Å². The Hall–Kier alpha value is -0.870. The summed E-state index contributed by atoms with van der Waals surface area (Å²) in [7, 11) is 1.94. The van der Waals surface area contributed by atoms with Crippen LogP contribution >= 0.6 is 0 Å². The second kappa shape index (κ2) is 4.18. The van der Waals surface area contributed by atoms with Crippen molar-refractivity contribution in [2.45, 2.75) is 39.2 Å². The van der Waals surface area contributed by atoms with Crippen molar-refractivity contribution in [1.82, 2.24) is 15.2 Å². The molecule has 1 aliphatic carbocycles. The van der Waals surface area contributed by atoms with Crippen molar-refractivity contribution in [3.8, 4) is 0 Å². The van der Waals surface area contributed by atoms with Crippen LogP contribution in [0.1, 0.15) is 44.7 Å². The van der Waals surface area contributed by atoms with Gasteiger partial charge in [-0.1, -0.05) is 20.3 Å². The third-order valence-corrected chi connectivity index (χ3v) is 4.01. The van der Waals surface area contributed by atoms with E-state index in [1.165, 1.54) is 24.8 Å². The van der Waals surface area contributed by atoms with Gasteiger partial charge in [-0.3, -0.25) is 16.0 Å². The van der Waals surface area contributed by atoms with Crippen molar-refractivity contribution >= 4 is 0 Å². The van der Waals surface area contributed by atoms with E-state index in [2.05, 4.69) is 30.6 Å². The van der Waals surface area contributed by atoms with E-state index in [0.29, 0.717) is 11.3 Å². The Morgan fingerprint density at radius 2 is 2.38 bits per heavy atom.